The van der Waals surface area contributed by atoms with Crippen LogP contribution in [0.2, 0.25) is 0 Å². The van der Waals surface area contributed by atoms with Gasteiger partial charge < -0.3 is 0 Å². The molecule has 0 fully saturated rings. The highest BCUT2D eigenvalue weighted by molar-refractivity contribution is 6.01. The van der Waals surface area contributed by atoms with Crippen molar-refractivity contribution in [2.45, 2.75) is 0 Å². The SMILES string of the molecule is [c]1cccc2c(-c3nccc4ccccc34)nccc12. The third-order valence-corrected chi connectivity index (χ3v) is 3.49. The Hall–Kier alpha value is -2.74. The Kier molecular flexibility index (Phi) is 2.46. The minimum absolute atomic E-state index is 0.913. The molecule has 0 aliphatic carbocycles. The van der Waals surface area contributed by atoms with E-state index in [0.29, 0.717) is 0 Å². The predicted octanol–water partition coefficient (Wildman–Crippen LogP) is 4.25. The van der Waals surface area contributed by atoms with Crippen molar-refractivity contribution < 1.29 is 0 Å². The smallest absolute Gasteiger partial charge is 0.0970 e. The summed E-state index contributed by atoms with van der Waals surface area (Å²) in [5, 5.41) is 4.45. The Morgan fingerprint density at radius 1 is 0.700 bits per heavy atom. The Morgan fingerprint density at radius 3 is 2.40 bits per heavy atom. The molecule has 0 unspecified atom stereocenters. The monoisotopic (exact) mass is 255 g/mol. The summed E-state index contributed by atoms with van der Waals surface area (Å²) in [6.45, 7) is 0. The Morgan fingerprint density at radius 2 is 1.45 bits per heavy atom. The fourth-order valence-electron chi connectivity index (χ4n) is 2.55. The molecule has 1 radical (unpaired) electrons. The van der Waals surface area contributed by atoms with Gasteiger partial charge in [0.15, 0.2) is 0 Å². The van der Waals surface area contributed by atoms with Crippen LogP contribution < -0.4 is 0 Å². The van der Waals surface area contributed by atoms with E-state index < -0.39 is 0 Å². The number of hydrogen-bond donors (Lipinski definition) is 0. The van der Waals surface area contributed by atoms with Crippen LogP contribution in [0.4, 0.5) is 0 Å². The van der Waals surface area contributed by atoms with Crippen LogP contribution in [0.1, 0.15) is 0 Å². The van der Waals surface area contributed by atoms with Crippen molar-refractivity contribution in [3.05, 3.63) is 73.1 Å². The molecule has 0 amide bonds. The topological polar surface area (TPSA) is 25.8 Å². The molecule has 93 valence electrons. The van der Waals surface area contributed by atoms with Crippen molar-refractivity contribution >= 4 is 21.5 Å². The first-order valence-electron chi connectivity index (χ1n) is 6.53. The molecule has 0 aliphatic rings. The highest BCUT2D eigenvalue weighted by Crippen LogP contribution is 2.29. The van der Waals surface area contributed by atoms with E-state index in [1.165, 1.54) is 5.39 Å². The van der Waals surface area contributed by atoms with Gasteiger partial charge in [-0.1, -0.05) is 42.5 Å². The van der Waals surface area contributed by atoms with Crippen molar-refractivity contribution in [2.75, 3.05) is 0 Å². The van der Waals surface area contributed by atoms with Crippen LogP contribution in [0, 0.1) is 6.07 Å². The summed E-state index contributed by atoms with van der Waals surface area (Å²) in [5.41, 5.74) is 1.84. The van der Waals surface area contributed by atoms with Gasteiger partial charge in [-0.05, 0) is 29.0 Å². The first-order valence-corrected chi connectivity index (χ1v) is 6.53. The van der Waals surface area contributed by atoms with E-state index in [9.17, 15) is 0 Å². The van der Waals surface area contributed by atoms with Gasteiger partial charge in [0.2, 0.25) is 0 Å². The quantitative estimate of drug-likeness (QED) is 0.508. The Labute approximate surface area is 116 Å². The molecule has 0 spiro atoms. The van der Waals surface area contributed by atoms with Gasteiger partial charge in [0, 0.05) is 23.2 Å². The van der Waals surface area contributed by atoms with Gasteiger partial charge >= 0.3 is 0 Å². The Balaban J connectivity index is 2.12. The number of benzene rings is 2. The summed E-state index contributed by atoms with van der Waals surface area (Å²) in [5.74, 6) is 0. The van der Waals surface area contributed by atoms with Crippen LogP contribution >= 0.6 is 0 Å². The van der Waals surface area contributed by atoms with Gasteiger partial charge in [-0.2, -0.15) is 0 Å². The summed E-state index contributed by atoms with van der Waals surface area (Å²) in [6, 6.07) is 21.5. The lowest BCUT2D eigenvalue weighted by Crippen LogP contribution is -1.90. The molecule has 0 saturated heterocycles. The van der Waals surface area contributed by atoms with Gasteiger partial charge in [0.25, 0.3) is 0 Å². The molecule has 4 aromatic rings. The van der Waals surface area contributed by atoms with Gasteiger partial charge in [0.1, 0.15) is 0 Å². The van der Waals surface area contributed by atoms with E-state index in [1.807, 2.05) is 48.8 Å². The molecule has 0 atom stereocenters. The molecule has 0 saturated carbocycles. The summed E-state index contributed by atoms with van der Waals surface area (Å²) in [4.78, 5) is 9.10. The standard InChI is InChI=1S/C18H11N2/c1-3-7-15-13(5-1)9-11-19-17(15)18-16-8-4-2-6-14(16)10-12-20-18/h1-5,7-12H. The summed E-state index contributed by atoms with van der Waals surface area (Å²) < 4.78 is 0. The fraction of sp³-hybridized carbons (Fsp3) is 0. The van der Waals surface area contributed by atoms with Crippen molar-refractivity contribution in [1.29, 1.82) is 0 Å². The van der Waals surface area contributed by atoms with Gasteiger partial charge in [-0.3, -0.25) is 9.97 Å². The van der Waals surface area contributed by atoms with E-state index in [4.69, 9.17) is 0 Å². The molecule has 4 rings (SSSR count). The maximum Gasteiger partial charge on any atom is 0.0970 e. The normalized spacial score (nSPS) is 11.0. The third kappa shape index (κ3) is 1.66. The molecular weight excluding hydrogens is 244 g/mol. The number of pyridine rings is 2. The highest BCUT2D eigenvalue weighted by atomic mass is 14.8. The largest absolute Gasteiger partial charge is 0.254 e. The maximum absolute atomic E-state index is 4.55. The number of fused-ring (bicyclic) bond motifs is 2. The molecule has 2 heteroatoms. The first-order chi connectivity index (χ1) is 9.93. The molecule has 2 nitrogen and oxygen atoms in total. The van der Waals surface area contributed by atoms with E-state index >= 15 is 0 Å². The van der Waals surface area contributed by atoms with Crippen molar-refractivity contribution in [3.63, 3.8) is 0 Å². The van der Waals surface area contributed by atoms with Crippen molar-refractivity contribution in [3.8, 4) is 11.4 Å². The zero-order chi connectivity index (χ0) is 13.4. The third-order valence-electron chi connectivity index (χ3n) is 3.49. The number of rotatable bonds is 1. The molecule has 20 heavy (non-hydrogen) atoms. The van der Waals surface area contributed by atoms with E-state index in [-0.39, 0.29) is 0 Å². The van der Waals surface area contributed by atoms with Crippen molar-refractivity contribution in [2.24, 2.45) is 0 Å². The summed E-state index contributed by atoms with van der Waals surface area (Å²) in [7, 11) is 0. The van der Waals surface area contributed by atoms with Crippen molar-refractivity contribution in [1.82, 2.24) is 9.97 Å². The molecule has 2 heterocycles. The van der Waals surface area contributed by atoms with Gasteiger partial charge in [-0.15, -0.1) is 0 Å². The average Bonchev–Trinajstić information content (AvgIpc) is 2.54. The average molecular weight is 255 g/mol. The van der Waals surface area contributed by atoms with Crippen LogP contribution in [0.25, 0.3) is 32.9 Å². The Bertz CT molecular complexity index is 825. The lowest BCUT2D eigenvalue weighted by Gasteiger charge is -2.07. The van der Waals surface area contributed by atoms with Crippen LogP contribution in [0.5, 0.6) is 0 Å². The van der Waals surface area contributed by atoms with E-state index in [0.717, 1.165) is 27.5 Å². The number of nitrogens with zero attached hydrogens (tertiary/aromatic N) is 2. The number of aromatic nitrogens is 2. The van der Waals surface area contributed by atoms with E-state index in [1.54, 1.807) is 0 Å². The second-order valence-electron chi connectivity index (χ2n) is 4.67. The summed E-state index contributed by atoms with van der Waals surface area (Å²) in [6.07, 6.45) is 3.66. The second-order valence-corrected chi connectivity index (χ2v) is 4.67. The number of hydrogen-bond acceptors (Lipinski definition) is 2. The van der Waals surface area contributed by atoms with Crippen LogP contribution in [0.3, 0.4) is 0 Å². The molecule has 2 aromatic carbocycles. The van der Waals surface area contributed by atoms with Crippen LogP contribution in [-0.2, 0) is 0 Å². The molecule has 0 aliphatic heterocycles. The molecule has 0 bridgehead atoms. The molecule has 0 N–H and O–H groups in total. The second kappa shape index (κ2) is 4.42. The van der Waals surface area contributed by atoms with Gasteiger partial charge in [-0.25, -0.2) is 0 Å². The minimum atomic E-state index is 0.913. The van der Waals surface area contributed by atoms with Gasteiger partial charge in [0.05, 0.1) is 11.4 Å². The summed E-state index contributed by atoms with van der Waals surface area (Å²) >= 11 is 0. The zero-order valence-corrected chi connectivity index (χ0v) is 10.7. The van der Waals surface area contributed by atoms with E-state index in [2.05, 4.69) is 34.2 Å². The predicted molar refractivity (Wildman–Crippen MR) is 81.3 cm³/mol. The minimum Gasteiger partial charge on any atom is -0.254 e. The lowest BCUT2D eigenvalue weighted by atomic mass is 10.0. The highest BCUT2D eigenvalue weighted by Gasteiger charge is 2.09. The maximum atomic E-state index is 4.55. The lowest BCUT2D eigenvalue weighted by molar-refractivity contribution is 1.29. The molecular formula is C18H11N2. The molecule has 2 aromatic heterocycles. The van der Waals surface area contributed by atoms with Crippen LogP contribution in [0.15, 0.2) is 67.0 Å². The zero-order valence-electron chi connectivity index (χ0n) is 10.7. The fourth-order valence-corrected chi connectivity index (χ4v) is 2.55. The first kappa shape index (κ1) is 11.1. The van der Waals surface area contributed by atoms with Crippen LogP contribution in [-0.4, -0.2) is 9.97 Å².